The van der Waals surface area contributed by atoms with Crippen molar-refractivity contribution in [2.75, 3.05) is 0 Å². The summed E-state index contributed by atoms with van der Waals surface area (Å²) in [5.41, 5.74) is 5.81. The summed E-state index contributed by atoms with van der Waals surface area (Å²) in [7, 11) is 0. The molecular formula is C42H43F3IrNO2-. The van der Waals surface area contributed by atoms with Crippen LogP contribution in [0.1, 0.15) is 83.2 Å². The predicted molar refractivity (Wildman–Crippen MR) is 190 cm³/mol. The molecule has 49 heavy (non-hydrogen) atoms. The summed E-state index contributed by atoms with van der Waals surface area (Å²) in [6.07, 6.45) is -1.21. The number of carbonyl (C=O) groups excluding carboxylic acids is 1. The van der Waals surface area contributed by atoms with E-state index in [0.717, 1.165) is 60.6 Å². The average Bonchev–Trinajstić information content (AvgIpc) is 3.21. The number of aromatic nitrogens is 1. The number of aryl methyl sites for hydroxylation is 2. The monoisotopic (exact) mass is 843 g/mol. The van der Waals surface area contributed by atoms with E-state index in [-0.39, 0.29) is 37.1 Å². The van der Waals surface area contributed by atoms with Crippen molar-refractivity contribution in [3.05, 3.63) is 113 Å². The van der Waals surface area contributed by atoms with Crippen LogP contribution in [0.4, 0.5) is 13.2 Å². The number of carbonyl (C=O) groups is 1. The van der Waals surface area contributed by atoms with Crippen molar-refractivity contribution >= 4 is 27.3 Å². The summed E-state index contributed by atoms with van der Waals surface area (Å²) >= 11 is 0. The Morgan fingerprint density at radius 2 is 1.41 bits per heavy atom. The Morgan fingerprint density at radius 3 is 2.00 bits per heavy atom. The fourth-order valence-corrected chi connectivity index (χ4v) is 6.39. The van der Waals surface area contributed by atoms with Crippen LogP contribution in [0.15, 0.2) is 78.7 Å². The predicted octanol–water partition coefficient (Wildman–Crippen LogP) is 11.9. The minimum absolute atomic E-state index is 0. The van der Waals surface area contributed by atoms with E-state index >= 15 is 0 Å². The van der Waals surface area contributed by atoms with Gasteiger partial charge in [-0.15, -0.1) is 34.9 Å². The van der Waals surface area contributed by atoms with Crippen LogP contribution in [-0.4, -0.2) is 15.9 Å². The van der Waals surface area contributed by atoms with Gasteiger partial charge in [0, 0.05) is 48.6 Å². The van der Waals surface area contributed by atoms with E-state index in [1.807, 2.05) is 72.9 Å². The zero-order valence-electron chi connectivity index (χ0n) is 29.7. The second-order valence-electron chi connectivity index (χ2n) is 15.4. The smallest absolute Gasteiger partial charge is 0.416 e. The van der Waals surface area contributed by atoms with Crippen LogP contribution in [0.5, 0.6) is 0 Å². The van der Waals surface area contributed by atoms with Crippen molar-refractivity contribution in [1.29, 1.82) is 0 Å². The first-order valence-corrected chi connectivity index (χ1v) is 16.1. The van der Waals surface area contributed by atoms with E-state index in [2.05, 4.69) is 51.1 Å². The quantitative estimate of drug-likeness (QED) is 0.0834. The number of rotatable bonds is 2. The van der Waals surface area contributed by atoms with Gasteiger partial charge in [0.25, 0.3) is 0 Å². The number of pyridine rings is 1. The Morgan fingerprint density at radius 1 is 0.796 bits per heavy atom. The SMILES string of the molecule is CC(C)(C)C(=O)/C=C(\O)C(C)(C)C.Cc1[c-]c(-c2nccc3c2ccc2c4c(ccc23)-c2cc(C(F)(F)F)ccc2C4(C)C)cc(C)c1.[Ir]. The Labute approximate surface area is 301 Å². The molecule has 6 rings (SSSR count). The molecule has 0 amide bonds. The number of fused-ring (bicyclic) bond motifs is 7. The number of ketones is 1. The molecule has 4 aromatic carbocycles. The summed E-state index contributed by atoms with van der Waals surface area (Å²) in [4.78, 5) is 16.2. The van der Waals surface area contributed by atoms with E-state index in [1.54, 1.807) is 6.07 Å². The maximum absolute atomic E-state index is 13.5. The number of hydrogen-bond donors (Lipinski definition) is 1. The number of halogens is 3. The molecule has 1 aliphatic rings. The molecule has 3 nitrogen and oxygen atoms in total. The number of nitrogens with zero attached hydrogens (tertiary/aromatic N) is 1. The van der Waals surface area contributed by atoms with Gasteiger partial charge in [0.05, 0.1) is 5.56 Å². The van der Waals surface area contributed by atoms with Crippen LogP contribution in [-0.2, 0) is 36.5 Å². The third kappa shape index (κ3) is 7.39. The van der Waals surface area contributed by atoms with E-state index in [0.29, 0.717) is 5.56 Å². The van der Waals surface area contributed by atoms with Gasteiger partial charge in [-0.05, 0) is 67.7 Å². The van der Waals surface area contributed by atoms with Gasteiger partial charge in [0.15, 0.2) is 5.78 Å². The minimum atomic E-state index is -4.37. The largest absolute Gasteiger partial charge is 0.512 e. The summed E-state index contributed by atoms with van der Waals surface area (Å²) in [6.45, 7) is 19.4. The molecule has 1 aromatic heterocycles. The number of allylic oxidation sites excluding steroid dienone is 2. The van der Waals surface area contributed by atoms with Crippen molar-refractivity contribution in [3.63, 3.8) is 0 Å². The zero-order valence-corrected chi connectivity index (χ0v) is 32.1. The Hall–Kier alpha value is -3.80. The molecule has 1 N–H and O–H groups in total. The van der Waals surface area contributed by atoms with Crippen molar-refractivity contribution in [2.24, 2.45) is 10.8 Å². The van der Waals surface area contributed by atoms with Crippen molar-refractivity contribution in [1.82, 2.24) is 4.98 Å². The van der Waals surface area contributed by atoms with E-state index in [4.69, 9.17) is 4.98 Å². The topological polar surface area (TPSA) is 50.2 Å². The number of alkyl halides is 3. The van der Waals surface area contributed by atoms with Crippen LogP contribution in [0.3, 0.4) is 0 Å². The second kappa shape index (κ2) is 13.2. The van der Waals surface area contributed by atoms with Crippen LogP contribution in [0.25, 0.3) is 43.9 Å². The van der Waals surface area contributed by atoms with E-state index < -0.39 is 22.6 Å². The van der Waals surface area contributed by atoms with Gasteiger partial charge in [-0.2, -0.15) is 13.2 Å². The van der Waals surface area contributed by atoms with Gasteiger partial charge in [-0.25, -0.2) is 0 Å². The standard InChI is InChI=1S/C31H23F3N.C11H20O2.Ir/c1-17-13-18(2)15-19(14-17)29-25-9-8-23-21(22(25)11-12-35-29)6-7-24-26-16-20(31(32,33)34)5-10-27(26)30(3,4)28(23)24;1-10(2,3)8(12)7-9(13)11(4,5)6;/h5-14,16H,1-4H3;7,12H,1-6H3;/q-1;;/b;8-7-;. The third-order valence-corrected chi connectivity index (χ3v) is 9.06. The van der Waals surface area contributed by atoms with Crippen LogP contribution in [0.2, 0.25) is 0 Å². The molecule has 5 aromatic rings. The third-order valence-electron chi connectivity index (χ3n) is 9.06. The molecule has 0 fully saturated rings. The molecule has 259 valence electrons. The molecular weight excluding hydrogens is 800 g/mol. The fraction of sp³-hybridized carbons (Fsp3) is 0.333. The van der Waals surface area contributed by atoms with Crippen molar-refractivity contribution in [2.45, 2.75) is 80.8 Å². The molecule has 0 unspecified atom stereocenters. The fourth-order valence-electron chi connectivity index (χ4n) is 6.39. The molecule has 0 aliphatic heterocycles. The van der Waals surface area contributed by atoms with Crippen molar-refractivity contribution < 1.29 is 43.2 Å². The first-order chi connectivity index (χ1) is 22.1. The zero-order chi connectivity index (χ0) is 35.6. The molecule has 7 heteroatoms. The Bertz CT molecular complexity index is 2090. The molecule has 0 saturated heterocycles. The Balaban J connectivity index is 0.000000332. The molecule has 1 heterocycles. The van der Waals surface area contributed by atoms with Gasteiger partial charge in [-0.1, -0.05) is 99.6 Å². The molecule has 0 saturated carbocycles. The summed E-state index contributed by atoms with van der Waals surface area (Å²) in [5, 5.41) is 13.8. The number of hydrogen-bond acceptors (Lipinski definition) is 3. The average molecular weight is 843 g/mol. The van der Waals surface area contributed by atoms with Crippen LogP contribution >= 0.6 is 0 Å². The van der Waals surface area contributed by atoms with Gasteiger partial charge in [0.2, 0.25) is 0 Å². The van der Waals surface area contributed by atoms with Gasteiger partial charge >= 0.3 is 6.18 Å². The van der Waals surface area contributed by atoms with Gasteiger partial charge in [0.1, 0.15) is 5.76 Å². The molecule has 1 radical (unpaired) electrons. The summed E-state index contributed by atoms with van der Waals surface area (Å²) < 4.78 is 40.4. The number of aliphatic hydroxyl groups excluding tert-OH is 1. The Kier molecular flexibility index (Phi) is 10.2. The molecule has 0 atom stereocenters. The first-order valence-electron chi connectivity index (χ1n) is 16.1. The summed E-state index contributed by atoms with van der Waals surface area (Å²) in [6, 6.07) is 22.0. The van der Waals surface area contributed by atoms with E-state index in [1.165, 1.54) is 18.2 Å². The van der Waals surface area contributed by atoms with Crippen LogP contribution in [0, 0.1) is 30.7 Å². The molecule has 0 spiro atoms. The van der Waals surface area contributed by atoms with Gasteiger partial charge < -0.3 is 10.1 Å². The van der Waals surface area contributed by atoms with Gasteiger partial charge in [-0.3, -0.25) is 4.79 Å². The minimum Gasteiger partial charge on any atom is -0.512 e. The normalized spacial score (nSPS) is 14.1. The molecule has 0 bridgehead atoms. The second-order valence-corrected chi connectivity index (χ2v) is 15.4. The summed E-state index contributed by atoms with van der Waals surface area (Å²) in [5.74, 6) is 0.104. The number of aliphatic hydroxyl groups is 1. The first kappa shape index (κ1) is 38.0. The maximum atomic E-state index is 13.5. The van der Waals surface area contributed by atoms with Crippen molar-refractivity contribution in [3.8, 4) is 22.4 Å². The van der Waals surface area contributed by atoms with E-state index in [9.17, 15) is 23.1 Å². The molecule has 1 aliphatic carbocycles. The maximum Gasteiger partial charge on any atom is 0.416 e. The van der Waals surface area contributed by atoms with Crippen LogP contribution < -0.4 is 0 Å². The number of benzene rings is 4.